The number of carbonyl (C=O) groups excluding carboxylic acids is 1. The molecule has 2 aliphatic heterocycles. The molecular weight excluding hydrogens is 1010 g/mol. The van der Waals surface area contributed by atoms with Gasteiger partial charge in [0.05, 0.1) is 32.0 Å². The standard InChI is InChI=1S/C66H121NO13/c1-3-5-7-9-11-13-14-15-16-17-18-19-20-21-22-23-24-25-26-27-28-29-30-31-32-33-34-35-36-37-38-39-40-42-44-46-48-50-58(71)67-54(55(70)49-47-45-43-41-12-10-8-6-4-2)53-77-65-63(76)61(74)64(57(52-69)79-65)80-66-62(75)60(73)59(72)56(51-68)78-66/h5,7,11,13,15-16,18-19,54-57,59-66,68-70,72-76H,3-4,6,8-10,12,14,17,20-53H2,1-2H3,(H,67,71)/b7-5-,13-11-,16-15-,19-18-. The Kier molecular flexibility index (Phi) is 47.6. The molecule has 0 saturated carbocycles. The summed E-state index contributed by atoms with van der Waals surface area (Å²) in [5.74, 6) is -0.205. The highest BCUT2D eigenvalue weighted by molar-refractivity contribution is 5.76. The van der Waals surface area contributed by atoms with Gasteiger partial charge in [0.25, 0.3) is 0 Å². The van der Waals surface area contributed by atoms with Crippen molar-refractivity contribution in [3.63, 3.8) is 0 Å². The number of carbonyl (C=O) groups is 1. The minimum Gasteiger partial charge on any atom is -0.394 e. The van der Waals surface area contributed by atoms with E-state index in [0.717, 1.165) is 77.0 Å². The maximum Gasteiger partial charge on any atom is 0.220 e. The van der Waals surface area contributed by atoms with E-state index in [2.05, 4.69) is 67.8 Å². The predicted octanol–water partition coefficient (Wildman–Crippen LogP) is 12.3. The van der Waals surface area contributed by atoms with Crippen LogP contribution in [0.5, 0.6) is 0 Å². The molecular formula is C66H121NO13. The van der Waals surface area contributed by atoms with Gasteiger partial charge in [-0.2, -0.15) is 0 Å². The molecule has 9 N–H and O–H groups in total. The van der Waals surface area contributed by atoms with E-state index in [1.165, 1.54) is 167 Å². The summed E-state index contributed by atoms with van der Waals surface area (Å²) in [7, 11) is 0. The SMILES string of the molecule is CC/C=C\C/C=C\C/C=C\C/C=C\CCCCCCCCCCCCCCCCCCCCCCCCCCC(=O)NC(COC1OC(CO)C(OC2OC(CO)C(O)C(O)C2O)C(O)C1O)C(O)CCCCCCCCCCC. The van der Waals surface area contributed by atoms with Crippen LogP contribution in [0.15, 0.2) is 48.6 Å². The molecule has 0 aromatic heterocycles. The highest BCUT2D eigenvalue weighted by Gasteiger charge is 2.51. The Balaban J connectivity index is 1.53. The maximum absolute atomic E-state index is 13.2. The Morgan fingerprint density at radius 1 is 0.463 bits per heavy atom. The van der Waals surface area contributed by atoms with E-state index in [4.69, 9.17) is 18.9 Å². The van der Waals surface area contributed by atoms with Crippen LogP contribution in [0.4, 0.5) is 0 Å². The monoisotopic (exact) mass is 1140 g/mol. The number of aliphatic hydroxyl groups is 8. The van der Waals surface area contributed by atoms with Crippen molar-refractivity contribution in [2.75, 3.05) is 19.8 Å². The Bertz CT molecular complexity index is 1530. The van der Waals surface area contributed by atoms with Crippen LogP contribution in [0.1, 0.15) is 271 Å². The largest absolute Gasteiger partial charge is 0.394 e. The Labute approximate surface area is 486 Å². The number of aliphatic hydroxyl groups excluding tert-OH is 8. The molecule has 0 radical (unpaired) electrons. The zero-order valence-corrected chi connectivity index (χ0v) is 50.6. The fourth-order valence-corrected chi connectivity index (χ4v) is 10.8. The lowest BCUT2D eigenvalue weighted by molar-refractivity contribution is -0.359. The summed E-state index contributed by atoms with van der Waals surface area (Å²) in [5.41, 5.74) is 0. The molecule has 12 atom stereocenters. The Hall–Kier alpha value is -2.05. The summed E-state index contributed by atoms with van der Waals surface area (Å²) in [4.78, 5) is 13.2. The van der Waals surface area contributed by atoms with Crippen LogP contribution in [0, 0.1) is 0 Å². The van der Waals surface area contributed by atoms with Gasteiger partial charge in [0.15, 0.2) is 12.6 Å². The Morgan fingerprint density at radius 3 is 1.32 bits per heavy atom. The zero-order chi connectivity index (χ0) is 58.1. The summed E-state index contributed by atoms with van der Waals surface area (Å²) in [6.45, 7) is 2.73. The van der Waals surface area contributed by atoms with E-state index in [1.54, 1.807) is 0 Å². The van der Waals surface area contributed by atoms with Gasteiger partial charge in [0.2, 0.25) is 5.91 Å². The van der Waals surface area contributed by atoms with E-state index in [9.17, 15) is 45.6 Å². The fourth-order valence-electron chi connectivity index (χ4n) is 10.8. The molecule has 2 rings (SSSR count). The van der Waals surface area contributed by atoms with Crippen LogP contribution in [-0.4, -0.2) is 140 Å². The fraction of sp³-hybridized carbons (Fsp3) is 0.864. The summed E-state index contributed by atoms with van der Waals surface area (Å²) >= 11 is 0. The number of rotatable bonds is 53. The molecule has 12 unspecified atom stereocenters. The van der Waals surface area contributed by atoms with Gasteiger partial charge in [-0.1, -0.05) is 262 Å². The molecule has 2 aliphatic rings. The normalized spacial score (nSPS) is 24.5. The molecule has 0 aromatic carbocycles. The molecule has 2 saturated heterocycles. The van der Waals surface area contributed by atoms with Crippen molar-refractivity contribution in [3.05, 3.63) is 48.6 Å². The van der Waals surface area contributed by atoms with Gasteiger partial charge in [-0.05, 0) is 51.4 Å². The van der Waals surface area contributed by atoms with Crippen LogP contribution in [0.3, 0.4) is 0 Å². The lowest BCUT2D eigenvalue weighted by atomic mass is 9.97. The maximum atomic E-state index is 13.2. The van der Waals surface area contributed by atoms with Crippen LogP contribution in [0.2, 0.25) is 0 Å². The van der Waals surface area contributed by atoms with Gasteiger partial charge in [0, 0.05) is 6.42 Å². The second kappa shape index (κ2) is 51.4. The van der Waals surface area contributed by atoms with E-state index in [0.29, 0.717) is 12.8 Å². The minimum atomic E-state index is -1.78. The smallest absolute Gasteiger partial charge is 0.220 e. The summed E-state index contributed by atoms with van der Waals surface area (Å²) in [6.07, 6.45) is 48.9. The van der Waals surface area contributed by atoms with Crippen LogP contribution in [-0.2, 0) is 23.7 Å². The molecule has 0 aliphatic carbocycles. The van der Waals surface area contributed by atoms with Crippen molar-refractivity contribution < 1.29 is 64.6 Å². The van der Waals surface area contributed by atoms with Crippen molar-refractivity contribution >= 4 is 5.91 Å². The molecule has 2 fully saturated rings. The van der Waals surface area contributed by atoms with E-state index < -0.39 is 86.8 Å². The lowest BCUT2D eigenvalue weighted by Gasteiger charge is -2.46. The van der Waals surface area contributed by atoms with Gasteiger partial charge >= 0.3 is 0 Å². The molecule has 0 aromatic rings. The van der Waals surface area contributed by atoms with Crippen LogP contribution >= 0.6 is 0 Å². The van der Waals surface area contributed by atoms with Crippen molar-refractivity contribution in [3.8, 4) is 0 Å². The molecule has 80 heavy (non-hydrogen) atoms. The third-order valence-electron chi connectivity index (χ3n) is 16.1. The first kappa shape index (κ1) is 74.1. The summed E-state index contributed by atoms with van der Waals surface area (Å²) in [5, 5.41) is 87.1. The first-order valence-electron chi connectivity index (χ1n) is 32.9. The number of ether oxygens (including phenoxy) is 4. The van der Waals surface area contributed by atoms with Crippen molar-refractivity contribution in [2.45, 2.75) is 344 Å². The third kappa shape index (κ3) is 35.9. The highest BCUT2D eigenvalue weighted by Crippen LogP contribution is 2.30. The Morgan fingerprint density at radius 2 is 0.863 bits per heavy atom. The lowest BCUT2D eigenvalue weighted by Crippen LogP contribution is -2.65. The molecule has 2 heterocycles. The van der Waals surface area contributed by atoms with Gasteiger partial charge in [-0.15, -0.1) is 0 Å². The molecule has 14 heteroatoms. The van der Waals surface area contributed by atoms with Crippen molar-refractivity contribution in [1.82, 2.24) is 5.32 Å². The molecule has 1 amide bonds. The number of hydrogen-bond acceptors (Lipinski definition) is 13. The molecule has 0 spiro atoms. The van der Waals surface area contributed by atoms with E-state index in [-0.39, 0.29) is 12.5 Å². The number of amides is 1. The third-order valence-corrected chi connectivity index (χ3v) is 16.1. The highest BCUT2D eigenvalue weighted by atomic mass is 16.7. The average molecular weight is 1140 g/mol. The zero-order valence-electron chi connectivity index (χ0n) is 50.6. The van der Waals surface area contributed by atoms with Crippen molar-refractivity contribution in [1.29, 1.82) is 0 Å². The second-order valence-electron chi connectivity index (χ2n) is 23.2. The van der Waals surface area contributed by atoms with Gasteiger partial charge in [0.1, 0.15) is 48.8 Å². The topological polar surface area (TPSA) is 228 Å². The predicted molar refractivity (Wildman–Crippen MR) is 323 cm³/mol. The van der Waals surface area contributed by atoms with Crippen LogP contribution < -0.4 is 5.32 Å². The first-order valence-corrected chi connectivity index (χ1v) is 32.9. The van der Waals surface area contributed by atoms with Gasteiger partial charge in [-0.25, -0.2) is 0 Å². The minimum absolute atomic E-state index is 0.205. The molecule has 468 valence electrons. The number of nitrogens with one attached hydrogen (secondary N) is 1. The first-order chi connectivity index (χ1) is 39.1. The van der Waals surface area contributed by atoms with Gasteiger partial charge in [-0.3, -0.25) is 4.79 Å². The number of unbranched alkanes of at least 4 members (excludes halogenated alkanes) is 32. The molecule has 14 nitrogen and oxygen atoms in total. The van der Waals surface area contributed by atoms with E-state index in [1.807, 2.05) is 0 Å². The van der Waals surface area contributed by atoms with E-state index >= 15 is 0 Å². The average Bonchev–Trinajstić information content (AvgIpc) is 3.49. The second-order valence-corrected chi connectivity index (χ2v) is 23.2. The number of allylic oxidation sites excluding steroid dienone is 8. The summed E-state index contributed by atoms with van der Waals surface area (Å²) < 4.78 is 22.8. The summed E-state index contributed by atoms with van der Waals surface area (Å²) in [6, 6.07) is -0.825. The number of hydrogen-bond donors (Lipinski definition) is 9. The van der Waals surface area contributed by atoms with Crippen molar-refractivity contribution in [2.24, 2.45) is 0 Å². The quantitative estimate of drug-likeness (QED) is 0.0204. The molecule has 0 bridgehead atoms. The van der Waals surface area contributed by atoms with Gasteiger partial charge < -0.3 is 65.1 Å². The van der Waals surface area contributed by atoms with Crippen LogP contribution in [0.25, 0.3) is 0 Å².